The quantitative estimate of drug-likeness (QED) is 0.708. The van der Waals surface area contributed by atoms with Crippen LogP contribution in [0.3, 0.4) is 0 Å². The number of nitrogens with zero attached hydrogens (tertiary/aromatic N) is 2. The van der Waals surface area contributed by atoms with Gasteiger partial charge >= 0.3 is 0 Å². The predicted octanol–water partition coefficient (Wildman–Crippen LogP) is 3.78. The Morgan fingerprint density at radius 2 is 1.96 bits per heavy atom. The number of amides is 1. The molecule has 0 unspecified atom stereocenters. The molecule has 6 heteroatoms. The molecule has 0 aliphatic heterocycles. The third-order valence-corrected chi connectivity index (χ3v) is 3.92. The molecule has 3 aromatic rings. The maximum absolute atomic E-state index is 12.3. The van der Waals surface area contributed by atoms with Gasteiger partial charge in [0.1, 0.15) is 6.04 Å². The Morgan fingerprint density at radius 3 is 2.64 bits per heavy atom. The summed E-state index contributed by atoms with van der Waals surface area (Å²) in [6.45, 7) is 4.00. The fraction of sp³-hybridized carbons (Fsp3) is 0.316. The third-order valence-electron chi connectivity index (χ3n) is 3.92. The van der Waals surface area contributed by atoms with Crippen LogP contribution in [0, 0.1) is 5.92 Å². The number of aryl methyl sites for hydroxylation is 1. The van der Waals surface area contributed by atoms with Crippen molar-refractivity contribution in [3.8, 4) is 11.6 Å². The minimum atomic E-state index is -0.334. The summed E-state index contributed by atoms with van der Waals surface area (Å²) in [5, 5.41) is 6.93. The van der Waals surface area contributed by atoms with Gasteiger partial charge in [-0.3, -0.25) is 4.79 Å². The van der Waals surface area contributed by atoms with Gasteiger partial charge in [0.05, 0.1) is 6.26 Å². The van der Waals surface area contributed by atoms with Crippen molar-refractivity contribution in [2.75, 3.05) is 0 Å². The molecule has 0 spiro atoms. The van der Waals surface area contributed by atoms with Crippen LogP contribution in [-0.4, -0.2) is 16.0 Å². The third kappa shape index (κ3) is 4.35. The standard InChI is InChI=1S/C19H21N3O3/c1-13(2)17(19-21-18(22-25-19)15-9-6-12-24-15)20-16(23)11-10-14-7-4-3-5-8-14/h3-9,12-13,17H,10-11H2,1-2H3,(H,20,23)/t17-/m0/s1. The molecule has 0 fully saturated rings. The largest absolute Gasteiger partial charge is 0.461 e. The fourth-order valence-corrected chi connectivity index (χ4v) is 2.53. The molecule has 0 bridgehead atoms. The van der Waals surface area contributed by atoms with Gasteiger partial charge in [0.15, 0.2) is 5.76 Å². The number of benzene rings is 1. The van der Waals surface area contributed by atoms with Crippen LogP contribution in [0.4, 0.5) is 0 Å². The van der Waals surface area contributed by atoms with E-state index in [-0.39, 0.29) is 17.9 Å². The maximum Gasteiger partial charge on any atom is 0.249 e. The van der Waals surface area contributed by atoms with E-state index in [9.17, 15) is 4.79 Å². The van der Waals surface area contributed by atoms with Gasteiger partial charge in [-0.05, 0) is 30.0 Å². The molecular weight excluding hydrogens is 318 g/mol. The van der Waals surface area contributed by atoms with Gasteiger partial charge < -0.3 is 14.3 Å². The summed E-state index contributed by atoms with van der Waals surface area (Å²) in [7, 11) is 0. The van der Waals surface area contributed by atoms with Crippen LogP contribution in [0.2, 0.25) is 0 Å². The van der Waals surface area contributed by atoms with Crippen molar-refractivity contribution in [3.63, 3.8) is 0 Å². The molecule has 2 heterocycles. The number of carbonyl (C=O) groups is 1. The number of rotatable bonds is 7. The molecule has 3 rings (SSSR count). The molecule has 6 nitrogen and oxygen atoms in total. The monoisotopic (exact) mass is 339 g/mol. The molecule has 0 radical (unpaired) electrons. The van der Waals surface area contributed by atoms with Gasteiger partial charge in [0.25, 0.3) is 0 Å². The molecule has 2 aromatic heterocycles. The van der Waals surface area contributed by atoms with E-state index in [1.807, 2.05) is 44.2 Å². The maximum atomic E-state index is 12.3. The van der Waals surface area contributed by atoms with Crippen molar-refractivity contribution in [2.24, 2.45) is 5.92 Å². The first kappa shape index (κ1) is 17.0. The second-order valence-corrected chi connectivity index (χ2v) is 6.21. The van der Waals surface area contributed by atoms with E-state index in [1.165, 1.54) is 0 Å². The van der Waals surface area contributed by atoms with Crippen LogP contribution in [-0.2, 0) is 11.2 Å². The number of hydrogen-bond donors (Lipinski definition) is 1. The highest BCUT2D eigenvalue weighted by Gasteiger charge is 2.25. The molecule has 0 saturated carbocycles. The van der Waals surface area contributed by atoms with Crippen molar-refractivity contribution in [3.05, 3.63) is 60.2 Å². The topological polar surface area (TPSA) is 81.2 Å². The molecule has 1 aromatic carbocycles. The van der Waals surface area contributed by atoms with Gasteiger partial charge in [0.2, 0.25) is 17.6 Å². The summed E-state index contributed by atoms with van der Waals surface area (Å²) in [6.07, 6.45) is 2.65. The van der Waals surface area contributed by atoms with Crippen molar-refractivity contribution in [2.45, 2.75) is 32.7 Å². The Morgan fingerprint density at radius 1 is 1.16 bits per heavy atom. The normalized spacial score (nSPS) is 12.3. The van der Waals surface area contributed by atoms with Gasteiger partial charge in [-0.1, -0.05) is 49.3 Å². The lowest BCUT2D eigenvalue weighted by Gasteiger charge is -2.18. The smallest absolute Gasteiger partial charge is 0.249 e. The zero-order valence-electron chi connectivity index (χ0n) is 14.3. The van der Waals surface area contributed by atoms with Gasteiger partial charge in [-0.2, -0.15) is 4.98 Å². The van der Waals surface area contributed by atoms with Crippen molar-refractivity contribution < 1.29 is 13.7 Å². The average Bonchev–Trinajstić information content (AvgIpc) is 3.29. The lowest BCUT2D eigenvalue weighted by Crippen LogP contribution is -2.32. The summed E-state index contributed by atoms with van der Waals surface area (Å²) in [5.74, 6) is 1.37. The number of carbonyl (C=O) groups excluding carboxylic acids is 1. The summed E-state index contributed by atoms with van der Waals surface area (Å²) < 4.78 is 10.6. The average molecular weight is 339 g/mol. The summed E-state index contributed by atoms with van der Waals surface area (Å²) in [6, 6.07) is 13.1. The molecule has 1 atom stereocenters. The Kier molecular flexibility index (Phi) is 5.28. The molecule has 1 N–H and O–H groups in total. The zero-order chi connectivity index (χ0) is 17.6. The van der Waals surface area contributed by atoms with E-state index < -0.39 is 0 Å². The number of aromatic nitrogens is 2. The highest BCUT2D eigenvalue weighted by molar-refractivity contribution is 5.76. The lowest BCUT2D eigenvalue weighted by molar-refractivity contribution is -0.122. The Labute approximate surface area is 146 Å². The minimum absolute atomic E-state index is 0.0414. The predicted molar refractivity (Wildman–Crippen MR) is 92.5 cm³/mol. The van der Waals surface area contributed by atoms with Crippen molar-refractivity contribution in [1.29, 1.82) is 0 Å². The molecule has 0 aliphatic carbocycles. The van der Waals surface area contributed by atoms with E-state index in [4.69, 9.17) is 8.94 Å². The summed E-state index contributed by atoms with van der Waals surface area (Å²) in [4.78, 5) is 16.7. The van der Waals surface area contributed by atoms with Gasteiger partial charge in [-0.15, -0.1) is 0 Å². The molecule has 1 amide bonds. The van der Waals surface area contributed by atoms with E-state index >= 15 is 0 Å². The summed E-state index contributed by atoms with van der Waals surface area (Å²) >= 11 is 0. The molecular formula is C19H21N3O3. The highest BCUT2D eigenvalue weighted by Crippen LogP contribution is 2.24. The first-order valence-electron chi connectivity index (χ1n) is 8.34. The summed E-state index contributed by atoms with van der Waals surface area (Å²) in [5.41, 5.74) is 1.14. The highest BCUT2D eigenvalue weighted by atomic mass is 16.5. The molecule has 0 aliphatic rings. The number of furan rings is 1. The fourth-order valence-electron chi connectivity index (χ4n) is 2.53. The second kappa shape index (κ2) is 7.79. The van der Waals surface area contributed by atoms with Crippen LogP contribution in [0.25, 0.3) is 11.6 Å². The van der Waals surface area contributed by atoms with Crippen LogP contribution < -0.4 is 5.32 Å². The van der Waals surface area contributed by atoms with E-state index in [0.29, 0.717) is 30.3 Å². The SMILES string of the molecule is CC(C)[C@H](NC(=O)CCc1ccccc1)c1nc(-c2ccco2)no1. The van der Waals surface area contributed by atoms with Crippen LogP contribution in [0.15, 0.2) is 57.7 Å². The lowest BCUT2D eigenvalue weighted by atomic mass is 10.0. The zero-order valence-corrected chi connectivity index (χ0v) is 14.3. The molecule has 130 valence electrons. The molecule has 0 saturated heterocycles. The Bertz CT molecular complexity index is 794. The van der Waals surface area contributed by atoms with Crippen LogP contribution >= 0.6 is 0 Å². The Balaban J connectivity index is 1.64. The first-order chi connectivity index (χ1) is 12.1. The second-order valence-electron chi connectivity index (χ2n) is 6.21. The van der Waals surface area contributed by atoms with E-state index in [0.717, 1.165) is 5.56 Å². The Hall–Kier alpha value is -2.89. The van der Waals surface area contributed by atoms with Crippen LogP contribution in [0.1, 0.15) is 37.8 Å². The molecule has 25 heavy (non-hydrogen) atoms. The van der Waals surface area contributed by atoms with Gasteiger partial charge in [0, 0.05) is 6.42 Å². The van der Waals surface area contributed by atoms with Gasteiger partial charge in [-0.25, -0.2) is 0 Å². The van der Waals surface area contributed by atoms with Crippen LogP contribution in [0.5, 0.6) is 0 Å². The first-order valence-corrected chi connectivity index (χ1v) is 8.34. The number of nitrogens with one attached hydrogen (secondary N) is 1. The number of hydrogen-bond acceptors (Lipinski definition) is 5. The minimum Gasteiger partial charge on any atom is -0.461 e. The van der Waals surface area contributed by atoms with Crippen molar-refractivity contribution >= 4 is 5.91 Å². The van der Waals surface area contributed by atoms with E-state index in [2.05, 4.69) is 15.5 Å². The van der Waals surface area contributed by atoms with E-state index in [1.54, 1.807) is 18.4 Å². The van der Waals surface area contributed by atoms with Crippen molar-refractivity contribution in [1.82, 2.24) is 15.5 Å².